The van der Waals surface area contributed by atoms with Crippen molar-refractivity contribution in [2.24, 2.45) is 0 Å². The van der Waals surface area contributed by atoms with Crippen molar-refractivity contribution in [2.75, 3.05) is 19.4 Å². The van der Waals surface area contributed by atoms with E-state index in [1.807, 2.05) is 13.1 Å². The molecular weight excluding hydrogens is 260 g/mol. The Morgan fingerprint density at radius 1 is 1.32 bits per heavy atom. The summed E-state index contributed by atoms with van der Waals surface area (Å²) in [6, 6.07) is 3.57. The van der Waals surface area contributed by atoms with Gasteiger partial charge in [0, 0.05) is 31.4 Å². The number of pyridine rings is 1. The van der Waals surface area contributed by atoms with Gasteiger partial charge in [0.05, 0.1) is 12.1 Å². The molecule has 0 saturated heterocycles. The molecule has 6 heteroatoms. The maximum atomic E-state index is 11.7. The Kier molecular flexibility index (Phi) is 4.11. The molecule has 1 amide bonds. The summed E-state index contributed by atoms with van der Waals surface area (Å²) in [7, 11) is 3.44. The van der Waals surface area contributed by atoms with Gasteiger partial charge >= 0.3 is 0 Å². The second-order valence-corrected chi connectivity index (χ2v) is 5.67. The number of rotatable bonds is 4. The van der Waals surface area contributed by atoms with Crippen molar-refractivity contribution in [3.63, 3.8) is 0 Å². The lowest BCUT2D eigenvalue weighted by molar-refractivity contribution is 0.0827. The van der Waals surface area contributed by atoms with Crippen molar-refractivity contribution < 1.29 is 4.79 Å². The van der Waals surface area contributed by atoms with E-state index in [2.05, 4.69) is 15.3 Å². The lowest BCUT2D eigenvalue weighted by atomic mass is 10.2. The highest BCUT2D eigenvalue weighted by molar-refractivity contribution is 7.11. The standard InChI is InChI=1S/C13H16N4OS/c1-9-6-16-12(19-9)8-15-11-5-4-10(7-14-11)13(18)17(2)3/h4-7H,8H2,1-3H3,(H,14,15). The molecule has 0 bridgehead atoms. The molecule has 19 heavy (non-hydrogen) atoms. The number of amides is 1. The third-order valence-electron chi connectivity index (χ3n) is 2.51. The minimum Gasteiger partial charge on any atom is -0.364 e. The van der Waals surface area contributed by atoms with Gasteiger partial charge < -0.3 is 10.2 Å². The Bertz CT molecular complexity index is 562. The van der Waals surface area contributed by atoms with Gasteiger partial charge in [-0.2, -0.15) is 0 Å². The Labute approximate surface area is 116 Å². The van der Waals surface area contributed by atoms with E-state index < -0.39 is 0 Å². The Morgan fingerprint density at radius 3 is 2.63 bits per heavy atom. The summed E-state index contributed by atoms with van der Waals surface area (Å²) in [5.74, 6) is 0.692. The minimum absolute atomic E-state index is 0.0467. The SMILES string of the molecule is Cc1cnc(CNc2ccc(C(=O)N(C)C)cn2)s1. The van der Waals surface area contributed by atoms with E-state index in [1.54, 1.807) is 43.8 Å². The van der Waals surface area contributed by atoms with E-state index in [9.17, 15) is 4.79 Å². The summed E-state index contributed by atoms with van der Waals surface area (Å²) in [6.45, 7) is 2.67. The average Bonchev–Trinajstić information content (AvgIpc) is 2.82. The van der Waals surface area contributed by atoms with Gasteiger partial charge in [0.25, 0.3) is 5.91 Å². The molecule has 1 N–H and O–H groups in total. The number of carbonyl (C=O) groups excluding carboxylic acids is 1. The van der Waals surface area contributed by atoms with Gasteiger partial charge in [0.2, 0.25) is 0 Å². The van der Waals surface area contributed by atoms with Crippen LogP contribution in [-0.2, 0) is 6.54 Å². The van der Waals surface area contributed by atoms with Crippen LogP contribution in [0.4, 0.5) is 5.82 Å². The molecule has 0 aliphatic carbocycles. The number of hydrogen-bond donors (Lipinski definition) is 1. The zero-order chi connectivity index (χ0) is 13.8. The second-order valence-electron chi connectivity index (χ2n) is 4.35. The minimum atomic E-state index is -0.0467. The molecule has 0 radical (unpaired) electrons. The summed E-state index contributed by atoms with van der Waals surface area (Å²) in [4.78, 5) is 22.9. The number of nitrogens with one attached hydrogen (secondary N) is 1. The molecule has 2 heterocycles. The molecule has 0 aromatic carbocycles. The fourth-order valence-electron chi connectivity index (χ4n) is 1.53. The fourth-order valence-corrected chi connectivity index (χ4v) is 2.26. The van der Waals surface area contributed by atoms with Crippen LogP contribution in [-0.4, -0.2) is 34.9 Å². The number of nitrogens with zero attached hydrogens (tertiary/aromatic N) is 3. The van der Waals surface area contributed by atoms with Gasteiger partial charge in [0.15, 0.2) is 0 Å². The molecule has 0 unspecified atom stereocenters. The van der Waals surface area contributed by atoms with Crippen molar-refractivity contribution in [1.29, 1.82) is 0 Å². The van der Waals surface area contributed by atoms with E-state index in [0.717, 1.165) is 10.8 Å². The molecule has 100 valence electrons. The third-order valence-corrected chi connectivity index (χ3v) is 3.42. The van der Waals surface area contributed by atoms with Crippen LogP contribution in [0.1, 0.15) is 20.2 Å². The summed E-state index contributed by atoms with van der Waals surface area (Å²) < 4.78 is 0. The van der Waals surface area contributed by atoms with Gasteiger partial charge in [-0.25, -0.2) is 9.97 Å². The van der Waals surface area contributed by atoms with Crippen LogP contribution in [0.15, 0.2) is 24.5 Å². The zero-order valence-corrected chi connectivity index (χ0v) is 12.0. The summed E-state index contributed by atoms with van der Waals surface area (Å²) in [5.41, 5.74) is 0.584. The second kappa shape index (κ2) is 5.79. The summed E-state index contributed by atoms with van der Waals surface area (Å²) >= 11 is 1.66. The van der Waals surface area contributed by atoms with Crippen molar-refractivity contribution in [1.82, 2.24) is 14.9 Å². The smallest absolute Gasteiger partial charge is 0.254 e. The topological polar surface area (TPSA) is 58.1 Å². The highest BCUT2D eigenvalue weighted by Gasteiger charge is 2.08. The van der Waals surface area contributed by atoms with Crippen LogP contribution < -0.4 is 5.32 Å². The van der Waals surface area contributed by atoms with Gasteiger partial charge in [-0.15, -0.1) is 11.3 Å². The lowest BCUT2D eigenvalue weighted by Crippen LogP contribution is -2.21. The van der Waals surface area contributed by atoms with E-state index in [1.165, 1.54) is 9.78 Å². The Morgan fingerprint density at radius 2 is 2.11 bits per heavy atom. The van der Waals surface area contributed by atoms with Crippen molar-refractivity contribution in [2.45, 2.75) is 13.5 Å². The molecule has 0 fully saturated rings. The number of carbonyl (C=O) groups is 1. The van der Waals surface area contributed by atoms with Crippen LogP contribution >= 0.6 is 11.3 Å². The summed E-state index contributed by atoms with van der Waals surface area (Å²) in [5, 5.41) is 4.20. The molecule has 2 rings (SSSR count). The number of thiazole rings is 1. The number of anilines is 1. The first kappa shape index (κ1) is 13.5. The van der Waals surface area contributed by atoms with Gasteiger partial charge in [-0.3, -0.25) is 4.79 Å². The van der Waals surface area contributed by atoms with E-state index in [4.69, 9.17) is 0 Å². The van der Waals surface area contributed by atoms with Crippen molar-refractivity contribution >= 4 is 23.1 Å². The van der Waals surface area contributed by atoms with E-state index >= 15 is 0 Å². The monoisotopic (exact) mass is 276 g/mol. The normalized spacial score (nSPS) is 10.3. The summed E-state index contributed by atoms with van der Waals surface area (Å²) in [6.07, 6.45) is 3.44. The lowest BCUT2D eigenvalue weighted by Gasteiger charge is -2.10. The van der Waals surface area contributed by atoms with E-state index in [0.29, 0.717) is 12.1 Å². The highest BCUT2D eigenvalue weighted by atomic mass is 32.1. The molecule has 0 aliphatic heterocycles. The van der Waals surface area contributed by atoms with Gasteiger partial charge in [-0.1, -0.05) is 0 Å². The van der Waals surface area contributed by atoms with Crippen LogP contribution in [0.5, 0.6) is 0 Å². The molecule has 0 spiro atoms. The first-order valence-corrected chi connectivity index (χ1v) is 6.71. The molecule has 0 atom stereocenters. The van der Waals surface area contributed by atoms with Crippen LogP contribution in [0.25, 0.3) is 0 Å². The number of aryl methyl sites for hydroxylation is 1. The maximum Gasteiger partial charge on any atom is 0.254 e. The maximum absolute atomic E-state index is 11.7. The molecular formula is C13H16N4OS. The number of hydrogen-bond acceptors (Lipinski definition) is 5. The predicted molar refractivity (Wildman–Crippen MR) is 76.4 cm³/mol. The van der Waals surface area contributed by atoms with Gasteiger partial charge in [0.1, 0.15) is 10.8 Å². The first-order valence-electron chi connectivity index (χ1n) is 5.89. The zero-order valence-electron chi connectivity index (χ0n) is 11.2. The van der Waals surface area contributed by atoms with E-state index in [-0.39, 0.29) is 5.91 Å². The van der Waals surface area contributed by atoms with Crippen molar-refractivity contribution in [3.8, 4) is 0 Å². The molecule has 0 saturated carbocycles. The quantitative estimate of drug-likeness (QED) is 0.929. The Hall–Kier alpha value is -1.95. The van der Waals surface area contributed by atoms with Gasteiger partial charge in [-0.05, 0) is 19.1 Å². The fraction of sp³-hybridized carbons (Fsp3) is 0.308. The van der Waals surface area contributed by atoms with Crippen LogP contribution in [0.2, 0.25) is 0 Å². The molecule has 0 aliphatic rings. The van der Waals surface area contributed by atoms with Crippen LogP contribution in [0, 0.1) is 6.92 Å². The number of aromatic nitrogens is 2. The van der Waals surface area contributed by atoms with Crippen LogP contribution in [0.3, 0.4) is 0 Å². The molecule has 2 aromatic rings. The molecule has 2 aromatic heterocycles. The average molecular weight is 276 g/mol. The first-order chi connectivity index (χ1) is 9.06. The van der Waals surface area contributed by atoms with Crippen molar-refractivity contribution in [3.05, 3.63) is 40.0 Å². The largest absolute Gasteiger partial charge is 0.364 e. The molecule has 5 nitrogen and oxygen atoms in total. The third kappa shape index (κ3) is 3.51. The Balaban J connectivity index is 1.97. The predicted octanol–water partition coefficient (Wildman–Crippen LogP) is 2.16. The highest BCUT2D eigenvalue weighted by Crippen LogP contribution is 2.13.